The number of amides is 2. The maximum absolute atomic E-state index is 13.0. The number of nitrogens with zero attached hydrogens (tertiary/aromatic N) is 1. The Hall–Kier alpha value is -2.66. The number of anilines is 1. The molecule has 6 heteroatoms. The van der Waals surface area contributed by atoms with E-state index >= 15 is 0 Å². The average molecular weight is 358 g/mol. The summed E-state index contributed by atoms with van der Waals surface area (Å²) >= 11 is 6.15. The molecule has 2 aromatic rings. The van der Waals surface area contributed by atoms with E-state index in [4.69, 9.17) is 11.6 Å². The summed E-state index contributed by atoms with van der Waals surface area (Å²) in [7, 11) is 0. The molecule has 0 unspecified atom stereocenters. The van der Waals surface area contributed by atoms with Crippen LogP contribution in [0.25, 0.3) is 0 Å². The Labute approximate surface area is 149 Å². The molecular formula is C19H16ClNO4. The molecule has 5 nitrogen and oxygen atoms in total. The van der Waals surface area contributed by atoms with Crippen LogP contribution >= 0.6 is 11.6 Å². The number of fused-ring (bicyclic) bond motifs is 1. The number of aryl methyl sites for hydroxylation is 2. The lowest BCUT2D eigenvalue weighted by Crippen LogP contribution is -2.31. The van der Waals surface area contributed by atoms with Gasteiger partial charge in [0, 0.05) is 5.02 Å². The molecule has 0 fully saturated rings. The van der Waals surface area contributed by atoms with Gasteiger partial charge in [0.15, 0.2) is 0 Å². The molecule has 1 aliphatic heterocycles. The van der Waals surface area contributed by atoms with Crippen LogP contribution in [0.5, 0.6) is 0 Å². The van der Waals surface area contributed by atoms with Crippen molar-refractivity contribution >= 4 is 35.1 Å². The average Bonchev–Trinajstić information content (AvgIpc) is 2.85. The molecule has 1 heterocycles. The number of imide groups is 1. The molecule has 0 radical (unpaired) electrons. The van der Waals surface area contributed by atoms with Gasteiger partial charge in [0.05, 0.1) is 22.4 Å². The number of hydrogen-bond donors (Lipinski definition) is 1. The van der Waals surface area contributed by atoms with Gasteiger partial charge in [0.25, 0.3) is 11.8 Å². The Morgan fingerprint density at radius 3 is 2.20 bits per heavy atom. The van der Waals surface area contributed by atoms with Crippen LogP contribution < -0.4 is 4.90 Å². The van der Waals surface area contributed by atoms with Crippen LogP contribution in [0.2, 0.25) is 5.02 Å². The number of carboxylic acid groups (broad SMARTS) is 1. The van der Waals surface area contributed by atoms with Gasteiger partial charge in [-0.2, -0.15) is 0 Å². The Bertz CT molecular complexity index is 895. The van der Waals surface area contributed by atoms with Gasteiger partial charge in [-0.15, -0.1) is 0 Å². The molecule has 0 aromatic heterocycles. The second-order valence-electron chi connectivity index (χ2n) is 5.76. The third-order valence-corrected chi connectivity index (χ3v) is 4.58. The van der Waals surface area contributed by atoms with Crippen molar-refractivity contribution in [3.63, 3.8) is 0 Å². The van der Waals surface area contributed by atoms with Gasteiger partial charge in [0.1, 0.15) is 0 Å². The number of aromatic carboxylic acids is 1. The molecule has 3 rings (SSSR count). The fourth-order valence-electron chi connectivity index (χ4n) is 3.21. The first-order valence-corrected chi connectivity index (χ1v) is 8.34. The monoisotopic (exact) mass is 357 g/mol. The minimum Gasteiger partial charge on any atom is -0.478 e. The van der Waals surface area contributed by atoms with Gasteiger partial charge in [-0.05, 0) is 48.2 Å². The Morgan fingerprint density at radius 1 is 1.08 bits per heavy atom. The summed E-state index contributed by atoms with van der Waals surface area (Å²) in [5, 5.41) is 9.89. The van der Waals surface area contributed by atoms with Crippen molar-refractivity contribution in [1.29, 1.82) is 0 Å². The summed E-state index contributed by atoms with van der Waals surface area (Å²) < 4.78 is 0. The van der Waals surface area contributed by atoms with Crippen molar-refractivity contribution < 1.29 is 19.5 Å². The molecular weight excluding hydrogens is 342 g/mol. The lowest BCUT2D eigenvalue weighted by Gasteiger charge is -2.22. The first-order chi connectivity index (χ1) is 11.9. The normalized spacial score (nSPS) is 13.3. The van der Waals surface area contributed by atoms with E-state index in [1.54, 1.807) is 12.1 Å². The van der Waals surface area contributed by atoms with Gasteiger partial charge >= 0.3 is 5.97 Å². The van der Waals surface area contributed by atoms with Crippen molar-refractivity contribution in [3.8, 4) is 0 Å². The first-order valence-electron chi connectivity index (χ1n) is 7.97. The van der Waals surface area contributed by atoms with E-state index < -0.39 is 17.8 Å². The van der Waals surface area contributed by atoms with Gasteiger partial charge in [-0.25, -0.2) is 9.69 Å². The minimum absolute atomic E-state index is 0.0564. The molecule has 1 aliphatic rings. The van der Waals surface area contributed by atoms with Gasteiger partial charge in [-0.3, -0.25) is 9.59 Å². The molecule has 0 saturated carbocycles. The van der Waals surface area contributed by atoms with Crippen molar-refractivity contribution in [1.82, 2.24) is 0 Å². The highest BCUT2D eigenvalue weighted by atomic mass is 35.5. The first kappa shape index (κ1) is 17.2. The minimum atomic E-state index is -1.23. The lowest BCUT2D eigenvalue weighted by molar-refractivity contribution is 0.0692. The molecule has 0 bridgehead atoms. The molecule has 128 valence electrons. The maximum Gasteiger partial charge on any atom is 0.336 e. The number of carboxylic acids is 1. The smallest absolute Gasteiger partial charge is 0.336 e. The zero-order chi connectivity index (χ0) is 18.3. The largest absolute Gasteiger partial charge is 0.478 e. The number of halogens is 1. The van der Waals surface area contributed by atoms with E-state index in [1.807, 2.05) is 13.8 Å². The number of benzene rings is 2. The quantitative estimate of drug-likeness (QED) is 0.840. The molecule has 0 aliphatic carbocycles. The lowest BCUT2D eigenvalue weighted by atomic mass is 10.0. The van der Waals surface area contributed by atoms with Crippen molar-refractivity contribution in [2.75, 3.05) is 4.90 Å². The number of carbonyl (C=O) groups excluding carboxylic acids is 2. The molecule has 2 amide bonds. The fraction of sp³-hybridized carbons (Fsp3) is 0.211. The number of carbonyl (C=O) groups is 3. The van der Waals surface area contributed by atoms with Crippen molar-refractivity contribution in [2.45, 2.75) is 26.7 Å². The predicted octanol–water partition coefficient (Wildman–Crippen LogP) is 3.96. The van der Waals surface area contributed by atoms with E-state index in [0.717, 1.165) is 16.0 Å². The van der Waals surface area contributed by atoms with Crippen LogP contribution in [0, 0.1) is 0 Å². The van der Waals surface area contributed by atoms with E-state index in [0.29, 0.717) is 23.6 Å². The fourth-order valence-corrected chi connectivity index (χ4v) is 3.47. The number of rotatable bonds is 4. The van der Waals surface area contributed by atoms with Gasteiger partial charge in [0.2, 0.25) is 0 Å². The van der Waals surface area contributed by atoms with Crippen molar-refractivity contribution in [2.24, 2.45) is 0 Å². The van der Waals surface area contributed by atoms with Crippen molar-refractivity contribution in [3.05, 3.63) is 63.2 Å². The van der Waals surface area contributed by atoms with E-state index in [2.05, 4.69) is 0 Å². The summed E-state index contributed by atoms with van der Waals surface area (Å²) in [4.78, 5) is 38.4. The topological polar surface area (TPSA) is 74.7 Å². The SMILES string of the molecule is CCc1cc(Cl)cc(CC)c1N1C(=O)c2cccc(C(=O)O)c2C1=O. The van der Waals surface area contributed by atoms with Crippen LogP contribution in [0.1, 0.15) is 56.0 Å². The predicted molar refractivity (Wildman–Crippen MR) is 94.7 cm³/mol. The number of hydrogen-bond acceptors (Lipinski definition) is 3. The van der Waals surface area contributed by atoms with Crippen LogP contribution in [-0.2, 0) is 12.8 Å². The molecule has 1 N–H and O–H groups in total. The van der Waals surface area contributed by atoms with E-state index in [9.17, 15) is 19.5 Å². The molecule has 2 aromatic carbocycles. The zero-order valence-corrected chi connectivity index (χ0v) is 14.6. The van der Waals surface area contributed by atoms with Crippen LogP contribution in [0.15, 0.2) is 30.3 Å². The van der Waals surface area contributed by atoms with Crippen LogP contribution in [-0.4, -0.2) is 22.9 Å². The summed E-state index contributed by atoms with van der Waals surface area (Å²) in [5.74, 6) is -2.35. The summed E-state index contributed by atoms with van der Waals surface area (Å²) in [6.45, 7) is 3.82. The molecule has 25 heavy (non-hydrogen) atoms. The highest BCUT2D eigenvalue weighted by molar-refractivity contribution is 6.37. The summed E-state index contributed by atoms with van der Waals surface area (Å²) in [6.07, 6.45) is 1.17. The zero-order valence-electron chi connectivity index (χ0n) is 13.8. The third-order valence-electron chi connectivity index (χ3n) is 4.36. The highest BCUT2D eigenvalue weighted by Crippen LogP contribution is 2.37. The van der Waals surface area contributed by atoms with Crippen LogP contribution in [0.3, 0.4) is 0 Å². The Morgan fingerprint density at radius 2 is 1.68 bits per heavy atom. The molecule has 0 saturated heterocycles. The van der Waals surface area contributed by atoms with Gasteiger partial charge in [-0.1, -0.05) is 31.5 Å². The Balaban J connectivity index is 2.25. The second-order valence-corrected chi connectivity index (χ2v) is 6.20. The Kier molecular flexibility index (Phi) is 4.35. The molecule has 0 atom stereocenters. The highest BCUT2D eigenvalue weighted by Gasteiger charge is 2.41. The molecule has 0 spiro atoms. The third kappa shape index (κ3) is 2.61. The standard InChI is InChI=1S/C19H16ClNO4/c1-3-10-8-12(20)9-11(4-2)16(10)21-17(22)13-6-5-7-14(19(24)25)15(13)18(21)23/h5-9H,3-4H2,1-2H3,(H,24,25). The summed E-state index contributed by atoms with van der Waals surface area (Å²) in [6, 6.07) is 7.75. The summed E-state index contributed by atoms with van der Waals surface area (Å²) in [5.41, 5.74) is 1.95. The van der Waals surface area contributed by atoms with Crippen LogP contribution in [0.4, 0.5) is 5.69 Å². The van der Waals surface area contributed by atoms with Gasteiger partial charge < -0.3 is 5.11 Å². The maximum atomic E-state index is 13.0. The van der Waals surface area contributed by atoms with E-state index in [1.165, 1.54) is 18.2 Å². The second kappa shape index (κ2) is 6.33. The van der Waals surface area contributed by atoms with E-state index in [-0.39, 0.29) is 16.7 Å².